The van der Waals surface area contributed by atoms with Gasteiger partial charge in [0.05, 0.1) is 6.61 Å². The zero-order chi connectivity index (χ0) is 13.4. The van der Waals surface area contributed by atoms with Gasteiger partial charge in [0.15, 0.2) is 0 Å². The highest BCUT2D eigenvalue weighted by molar-refractivity contribution is 5.34. The Balaban J connectivity index is 2.64. The third kappa shape index (κ3) is 4.79. The number of hydrogen-bond donors (Lipinski definition) is 1. The van der Waals surface area contributed by atoms with Crippen LogP contribution in [0.5, 0.6) is 0 Å². The summed E-state index contributed by atoms with van der Waals surface area (Å²) in [6.45, 7) is 11.3. The maximum absolute atomic E-state index is 5.69. The molecule has 1 unspecified atom stereocenters. The first-order valence-corrected chi connectivity index (χ1v) is 7.05. The fourth-order valence-electron chi connectivity index (χ4n) is 2.27. The Morgan fingerprint density at radius 1 is 1.17 bits per heavy atom. The van der Waals surface area contributed by atoms with Crippen LogP contribution in [0, 0.1) is 13.8 Å². The van der Waals surface area contributed by atoms with Gasteiger partial charge in [-0.2, -0.15) is 0 Å². The summed E-state index contributed by atoms with van der Waals surface area (Å²) in [7, 11) is 0. The highest BCUT2D eigenvalue weighted by atomic mass is 16.5. The molecule has 0 spiro atoms. The second-order valence-corrected chi connectivity index (χ2v) is 4.90. The topological polar surface area (TPSA) is 21.3 Å². The molecular weight excluding hydrogens is 222 g/mol. The van der Waals surface area contributed by atoms with Crippen molar-refractivity contribution in [3.05, 3.63) is 34.9 Å². The first kappa shape index (κ1) is 15.2. The zero-order valence-corrected chi connectivity index (χ0v) is 12.3. The smallest absolute Gasteiger partial charge is 0.0622 e. The number of likely N-dealkylation sites (N-methyl/N-ethyl adjacent to an activating group) is 1. The van der Waals surface area contributed by atoms with E-state index in [1.807, 2.05) is 0 Å². The molecule has 1 rings (SSSR count). The highest BCUT2D eigenvalue weighted by Gasteiger charge is 2.11. The van der Waals surface area contributed by atoms with Gasteiger partial charge in [-0.3, -0.25) is 0 Å². The van der Waals surface area contributed by atoms with E-state index in [0.717, 1.165) is 32.6 Å². The van der Waals surface area contributed by atoms with Crippen LogP contribution in [-0.2, 0) is 11.2 Å². The number of aryl methyl sites for hydroxylation is 2. The fourth-order valence-corrected chi connectivity index (χ4v) is 2.27. The number of ether oxygens (including phenoxy) is 1. The lowest BCUT2D eigenvalue weighted by Crippen LogP contribution is -2.35. The van der Waals surface area contributed by atoms with Crippen molar-refractivity contribution in [2.24, 2.45) is 0 Å². The van der Waals surface area contributed by atoms with Gasteiger partial charge in [-0.25, -0.2) is 0 Å². The van der Waals surface area contributed by atoms with Crippen molar-refractivity contribution in [2.75, 3.05) is 19.8 Å². The Morgan fingerprint density at radius 3 is 2.39 bits per heavy atom. The molecule has 2 heteroatoms. The van der Waals surface area contributed by atoms with E-state index < -0.39 is 0 Å². The SMILES string of the molecule is CCCOCC(Cc1c(C)cccc1C)NCC. The molecule has 0 bridgehead atoms. The Morgan fingerprint density at radius 2 is 1.83 bits per heavy atom. The van der Waals surface area contributed by atoms with Crippen LogP contribution in [0.15, 0.2) is 18.2 Å². The number of rotatable bonds is 8. The van der Waals surface area contributed by atoms with E-state index in [0.29, 0.717) is 6.04 Å². The first-order chi connectivity index (χ1) is 8.69. The van der Waals surface area contributed by atoms with Crippen molar-refractivity contribution in [2.45, 2.75) is 46.6 Å². The standard InChI is InChI=1S/C16H27NO/c1-5-10-18-12-15(17-6-2)11-16-13(3)8-7-9-14(16)4/h7-9,15,17H,5-6,10-12H2,1-4H3. The Kier molecular flexibility index (Phi) is 6.99. The second-order valence-electron chi connectivity index (χ2n) is 4.90. The molecule has 0 saturated heterocycles. The lowest BCUT2D eigenvalue weighted by molar-refractivity contribution is 0.112. The number of nitrogens with one attached hydrogen (secondary N) is 1. The molecule has 0 heterocycles. The van der Waals surface area contributed by atoms with Crippen LogP contribution >= 0.6 is 0 Å². The molecule has 0 radical (unpaired) electrons. The van der Waals surface area contributed by atoms with E-state index in [1.54, 1.807) is 0 Å². The molecule has 0 fully saturated rings. The summed E-state index contributed by atoms with van der Waals surface area (Å²) >= 11 is 0. The van der Waals surface area contributed by atoms with Gasteiger partial charge in [-0.15, -0.1) is 0 Å². The molecule has 0 aliphatic heterocycles. The van der Waals surface area contributed by atoms with Gasteiger partial charge in [0.2, 0.25) is 0 Å². The van der Waals surface area contributed by atoms with Crippen LogP contribution in [0.3, 0.4) is 0 Å². The first-order valence-electron chi connectivity index (χ1n) is 7.05. The zero-order valence-electron chi connectivity index (χ0n) is 12.3. The van der Waals surface area contributed by atoms with Gasteiger partial charge in [0.25, 0.3) is 0 Å². The number of benzene rings is 1. The molecule has 1 aromatic rings. The summed E-state index contributed by atoms with van der Waals surface area (Å²) in [5.41, 5.74) is 4.23. The predicted molar refractivity (Wildman–Crippen MR) is 78.2 cm³/mol. The van der Waals surface area contributed by atoms with Gasteiger partial charge < -0.3 is 10.1 Å². The molecule has 1 atom stereocenters. The van der Waals surface area contributed by atoms with E-state index in [9.17, 15) is 0 Å². The predicted octanol–water partition coefficient (Wildman–Crippen LogP) is 3.25. The van der Waals surface area contributed by atoms with Crippen molar-refractivity contribution < 1.29 is 4.74 Å². The Hall–Kier alpha value is -0.860. The molecule has 18 heavy (non-hydrogen) atoms. The van der Waals surface area contributed by atoms with Crippen molar-refractivity contribution >= 4 is 0 Å². The van der Waals surface area contributed by atoms with Crippen LogP contribution < -0.4 is 5.32 Å². The van der Waals surface area contributed by atoms with Crippen LogP contribution in [0.1, 0.15) is 37.0 Å². The summed E-state index contributed by atoms with van der Waals surface area (Å²) in [4.78, 5) is 0. The van der Waals surface area contributed by atoms with Crippen molar-refractivity contribution in [3.63, 3.8) is 0 Å². The highest BCUT2D eigenvalue weighted by Crippen LogP contribution is 2.15. The molecule has 1 aromatic carbocycles. The van der Waals surface area contributed by atoms with E-state index >= 15 is 0 Å². The van der Waals surface area contributed by atoms with Crippen LogP contribution in [0.25, 0.3) is 0 Å². The van der Waals surface area contributed by atoms with Crippen LogP contribution in [0.2, 0.25) is 0 Å². The monoisotopic (exact) mass is 249 g/mol. The van der Waals surface area contributed by atoms with Crippen LogP contribution in [-0.4, -0.2) is 25.8 Å². The van der Waals surface area contributed by atoms with Gasteiger partial charge in [0, 0.05) is 12.6 Å². The minimum atomic E-state index is 0.418. The summed E-state index contributed by atoms with van der Waals surface area (Å²) < 4.78 is 5.69. The second kappa shape index (κ2) is 8.28. The summed E-state index contributed by atoms with van der Waals surface area (Å²) in [6.07, 6.45) is 2.14. The minimum Gasteiger partial charge on any atom is -0.380 e. The lowest BCUT2D eigenvalue weighted by Gasteiger charge is -2.20. The maximum Gasteiger partial charge on any atom is 0.0622 e. The average molecular weight is 249 g/mol. The quantitative estimate of drug-likeness (QED) is 0.714. The minimum absolute atomic E-state index is 0.418. The van der Waals surface area contributed by atoms with E-state index in [4.69, 9.17) is 4.74 Å². The number of hydrogen-bond acceptors (Lipinski definition) is 2. The molecule has 0 aliphatic rings. The van der Waals surface area contributed by atoms with Gasteiger partial charge in [0.1, 0.15) is 0 Å². The molecule has 0 aromatic heterocycles. The van der Waals surface area contributed by atoms with E-state index in [-0.39, 0.29) is 0 Å². The Labute approximate surface area is 112 Å². The molecule has 0 saturated carbocycles. The summed E-state index contributed by atoms with van der Waals surface area (Å²) in [6, 6.07) is 6.93. The average Bonchev–Trinajstić information content (AvgIpc) is 2.34. The molecule has 0 amide bonds. The third-order valence-corrected chi connectivity index (χ3v) is 3.26. The van der Waals surface area contributed by atoms with Gasteiger partial charge >= 0.3 is 0 Å². The van der Waals surface area contributed by atoms with Crippen molar-refractivity contribution in [1.82, 2.24) is 5.32 Å². The summed E-state index contributed by atoms with van der Waals surface area (Å²) in [5.74, 6) is 0. The molecule has 1 N–H and O–H groups in total. The fraction of sp³-hybridized carbons (Fsp3) is 0.625. The largest absolute Gasteiger partial charge is 0.380 e. The molecule has 2 nitrogen and oxygen atoms in total. The Bertz CT molecular complexity index is 329. The van der Waals surface area contributed by atoms with E-state index in [2.05, 4.69) is 51.2 Å². The van der Waals surface area contributed by atoms with Crippen LogP contribution in [0.4, 0.5) is 0 Å². The molecule has 0 aliphatic carbocycles. The normalized spacial score (nSPS) is 12.7. The molecule has 102 valence electrons. The van der Waals surface area contributed by atoms with Crippen molar-refractivity contribution in [1.29, 1.82) is 0 Å². The molecular formula is C16H27NO. The third-order valence-electron chi connectivity index (χ3n) is 3.26. The maximum atomic E-state index is 5.69. The summed E-state index contributed by atoms with van der Waals surface area (Å²) in [5, 5.41) is 3.52. The van der Waals surface area contributed by atoms with E-state index in [1.165, 1.54) is 16.7 Å². The van der Waals surface area contributed by atoms with Gasteiger partial charge in [-0.1, -0.05) is 32.0 Å². The van der Waals surface area contributed by atoms with Crippen molar-refractivity contribution in [3.8, 4) is 0 Å². The lowest BCUT2D eigenvalue weighted by atomic mass is 9.96. The van der Waals surface area contributed by atoms with Gasteiger partial charge in [-0.05, 0) is 49.9 Å².